The van der Waals surface area contributed by atoms with Crippen LogP contribution in [0.4, 0.5) is 0 Å². The Kier molecular flexibility index (Phi) is 9.19. The topological polar surface area (TPSA) is 84.9 Å². The molecule has 0 bridgehead atoms. The van der Waals surface area contributed by atoms with Gasteiger partial charge in [-0.05, 0) is 66.6 Å². The molecule has 192 valence electrons. The van der Waals surface area contributed by atoms with E-state index in [9.17, 15) is 13.2 Å². The molecule has 1 aliphatic heterocycles. The van der Waals surface area contributed by atoms with Crippen molar-refractivity contribution in [2.45, 2.75) is 69.8 Å². The average Bonchev–Trinajstić information content (AvgIpc) is 2.85. The van der Waals surface area contributed by atoms with Crippen LogP contribution in [-0.4, -0.2) is 51.0 Å². The molecule has 0 radical (unpaired) electrons. The van der Waals surface area contributed by atoms with Gasteiger partial charge in [0.15, 0.2) is 6.10 Å². The fourth-order valence-corrected chi connectivity index (χ4v) is 5.46. The van der Waals surface area contributed by atoms with Gasteiger partial charge in [0.05, 0.1) is 11.4 Å². The van der Waals surface area contributed by atoms with Crippen LogP contribution in [0, 0.1) is 0 Å². The predicted octanol–water partition coefficient (Wildman–Crippen LogP) is 4.51. The minimum Gasteiger partial charge on any atom is -0.492 e. The maximum Gasteiger partial charge on any atom is 0.261 e. The number of ether oxygens (including phenoxy) is 2. The minimum absolute atomic E-state index is 0.0575. The largest absolute Gasteiger partial charge is 0.492 e. The van der Waals surface area contributed by atoms with Crippen molar-refractivity contribution in [1.29, 1.82) is 0 Å². The second-order valence-electron chi connectivity index (χ2n) is 9.86. The van der Waals surface area contributed by atoms with Gasteiger partial charge < -0.3 is 14.8 Å². The van der Waals surface area contributed by atoms with Crippen LogP contribution in [-0.2, 0) is 20.2 Å². The quantitative estimate of drug-likeness (QED) is 0.483. The van der Waals surface area contributed by atoms with E-state index in [1.54, 1.807) is 28.6 Å². The van der Waals surface area contributed by atoms with E-state index in [1.807, 2.05) is 31.2 Å². The summed E-state index contributed by atoms with van der Waals surface area (Å²) < 4.78 is 38.6. The van der Waals surface area contributed by atoms with Gasteiger partial charge in [0.1, 0.15) is 18.1 Å². The maximum absolute atomic E-state index is 12.7. The fourth-order valence-electron chi connectivity index (χ4n) is 3.94. The number of rotatable bonds is 10. The summed E-state index contributed by atoms with van der Waals surface area (Å²) in [6, 6.07) is 14.3. The molecule has 1 aliphatic rings. The van der Waals surface area contributed by atoms with Gasteiger partial charge in [0, 0.05) is 13.1 Å². The van der Waals surface area contributed by atoms with E-state index in [2.05, 4.69) is 26.1 Å². The molecule has 0 unspecified atom stereocenters. The minimum atomic E-state index is -3.46. The summed E-state index contributed by atoms with van der Waals surface area (Å²) in [6.07, 6.45) is 2.83. The van der Waals surface area contributed by atoms with Crippen molar-refractivity contribution in [2.24, 2.45) is 0 Å². The van der Waals surface area contributed by atoms with E-state index < -0.39 is 16.1 Å². The summed E-state index contributed by atoms with van der Waals surface area (Å²) in [5, 5.41) is 2.85. The van der Waals surface area contributed by atoms with Crippen LogP contribution >= 0.6 is 0 Å². The molecule has 35 heavy (non-hydrogen) atoms. The predicted molar refractivity (Wildman–Crippen MR) is 137 cm³/mol. The molecule has 1 N–H and O–H groups in total. The molecule has 2 aromatic carbocycles. The molecule has 7 nitrogen and oxygen atoms in total. The Labute approximate surface area is 209 Å². The van der Waals surface area contributed by atoms with E-state index in [0.29, 0.717) is 37.6 Å². The van der Waals surface area contributed by atoms with E-state index in [0.717, 1.165) is 19.3 Å². The summed E-state index contributed by atoms with van der Waals surface area (Å²) in [4.78, 5) is 12.8. The number of hydrogen-bond donors (Lipinski definition) is 1. The Morgan fingerprint density at radius 1 is 0.971 bits per heavy atom. The number of nitrogens with zero attached hydrogens (tertiary/aromatic N) is 1. The lowest BCUT2D eigenvalue weighted by Gasteiger charge is -2.25. The Morgan fingerprint density at radius 3 is 2.14 bits per heavy atom. The number of benzene rings is 2. The highest BCUT2D eigenvalue weighted by molar-refractivity contribution is 7.89. The van der Waals surface area contributed by atoms with Gasteiger partial charge in [0.25, 0.3) is 5.91 Å². The first kappa shape index (κ1) is 27.0. The van der Waals surface area contributed by atoms with Crippen LogP contribution in [0.1, 0.15) is 58.9 Å². The van der Waals surface area contributed by atoms with Gasteiger partial charge in [-0.15, -0.1) is 0 Å². The Morgan fingerprint density at radius 2 is 1.57 bits per heavy atom. The standard InChI is InChI=1S/C27H38N2O5S/c1-5-25(34-23-11-9-21(10-12-23)27(2,3)4)26(30)28-17-20-33-22-13-15-24(16-14-22)35(31,32)29-18-7-6-8-19-29/h9-16,25H,5-8,17-20H2,1-4H3,(H,28,30)/t25-/m1/s1. The molecule has 2 aromatic rings. The monoisotopic (exact) mass is 502 g/mol. The van der Waals surface area contributed by atoms with Crippen molar-refractivity contribution in [1.82, 2.24) is 9.62 Å². The summed E-state index contributed by atoms with van der Waals surface area (Å²) in [5.41, 5.74) is 1.26. The fraction of sp³-hybridized carbons (Fsp3) is 0.519. The summed E-state index contributed by atoms with van der Waals surface area (Å²) in [7, 11) is -3.46. The highest BCUT2D eigenvalue weighted by atomic mass is 32.2. The van der Waals surface area contributed by atoms with Crippen molar-refractivity contribution < 1.29 is 22.7 Å². The second kappa shape index (κ2) is 11.9. The van der Waals surface area contributed by atoms with E-state index in [1.165, 1.54) is 5.56 Å². The van der Waals surface area contributed by atoms with E-state index in [4.69, 9.17) is 9.47 Å². The van der Waals surface area contributed by atoms with Crippen molar-refractivity contribution >= 4 is 15.9 Å². The number of nitrogens with one attached hydrogen (secondary N) is 1. The zero-order chi connectivity index (χ0) is 25.5. The molecular weight excluding hydrogens is 464 g/mol. The third kappa shape index (κ3) is 7.45. The van der Waals surface area contributed by atoms with E-state index in [-0.39, 0.29) is 22.8 Å². The molecule has 1 atom stereocenters. The lowest BCUT2D eigenvalue weighted by atomic mass is 9.87. The molecule has 1 saturated heterocycles. The van der Waals surface area contributed by atoms with Gasteiger partial charge >= 0.3 is 0 Å². The van der Waals surface area contributed by atoms with Crippen LogP contribution < -0.4 is 14.8 Å². The molecule has 1 amide bonds. The van der Waals surface area contributed by atoms with Gasteiger partial charge in [-0.1, -0.05) is 46.2 Å². The molecular formula is C27H38N2O5S. The molecule has 0 aromatic heterocycles. The van der Waals surface area contributed by atoms with E-state index >= 15 is 0 Å². The van der Waals surface area contributed by atoms with Crippen molar-refractivity contribution in [3.05, 3.63) is 54.1 Å². The normalized spacial score (nSPS) is 15.9. The lowest BCUT2D eigenvalue weighted by molar-refractivity contribution is -0.128. The maximum atomic E-state index is 12.7. The first-order valence-electron chi connectivity index (χ1n) is 12.4. The number of carbonyl (C=O) groups is 1. The summed E-state index contributed by atoms with van der Waals surface area (Å²) >= 11 is 0. The van der Waals surface area contributed by atoms with Crippen LogP contribution in [0.15, 0.2) is 53.4 Å². The molecule has 1 heterocycles. The van der Waals surface area contributed by atoms with Crippen LogP contribution in [0.3, 0.4) is 0 Å². The number of amides is 1. The number of hydrogen-bond acceptors (Lipinski definition) is 5. The molecule has 0 spiro atoms. The van der Waals surface area contributed by atoms with Crippen LogP contribution in [0.25, 0.3) is 0 Å². The van der Waals surface area contributed by atoms with Gasteiger partial charge in [-0.25, -0.2) is 8.42 Å². The van der Waals surface area contributed by atoms with Crippen molar-refractivity contribution in [3.63, 3.8) is 0 Å². The second-order valence-corrected chi connectivity index (χ2v) is 11.8. The van der Waals surface area contributed by atoms with Gasteiger partial charge in [-0.2, -0.15) is 4.31 Å². The number of piperidine rings is 1. The highest BCUT2D eigenvalue weighted by Crippen LogP contribution is 2.25. The summed E-state index contributed by atoms with van der Waals surface area (Å²) in [6.45, 7) is 10.1. The van der Waals surface area contributed by atoms with Crippen LogP contribution in [0.5, 0.6) is 11.5 Å². The molecule has 8 heteroatoms. The Balaban J connectivity index is 1.45. The van der Waals surface area contributed by atoms with Crippen LogP contribution in [0.2, 0.25) is 0 Å². The van der Waals surface area contributed by atoms with Gasteiger partial charge in [0.2, 0.25) is 10.0 Å². The average molecular weight is 503 g/mol. The smallest absolute Gasteiger partial charge is 0.261 e. The van der Waals surface area contributed by atoms with Crippen molar-refractivity contribution in [2.75, 3.05) is 26.2 Å². The number of sulfonamides is 1. The Bertz CT molecular complexity index is 1050. The molecule has 3 rings (SSSR count). The number of carbonyl (C=O) groups excluding carboxylic acids is 1. The third-order valence-corrected chi connectivity index (χ3v) is 8.02. The first-order valence-corrected chi connectivity index (χ1v) is 13.8. The molecule has 1 fully saturated rings. The molecule has 0 aliphatic carbocycles. The zero-order valence-corrected chi connectivity index (χ0v) is 22.1. The third-order valence-electron chi connectivity index (χ3n) is 6.11. The zero-order valence-electron chi connectivity index (χ0n) is 21.2. The SMILES string of the molecule is CC[C@@H](Oc1ccc(C(C)(C)C)cc1)C(=O)NCCOc1ccc(S(=O)(=O)N2CCCCC2)cc1. The molecule has 0 saturated carbocycles. The highest BCUT2D eigenvalue weighted by Gasteiger charge is 2.25. The summed E-state index contributed by atoms with van der Waals surface area (Å²) in [5.74, 6) is 1.02. The lowest BCUT2D eigenvalue weighted by Crippen LogP contribution is -2.39. The first-order chi connectivity index (χ1) is 16.6. The van der Waals surface area contributed by atoms with Gasteiger partial charge in [-0.3, -0.25) is 4.79 Å². The Hall–Kier alpha value is -2.58. The van der Waals surface area contributed by atoms with Crippen molar-refractivity contribution in [3.8, 4) is 11.5 Å².